The molecular weight excluding hydrogens is 182 g/mol. The van der Waals surface area contributed by atoms with E-state index in [-0.39, 0.29) is 12.1 Å². The van der Waals surface area contributed by atoms with E-state index < -0.39 is 48.5 Å². The minimum Gasteiger partial charge on any atom is -0.481 e. The van der Waals surface area contributed by atoms with Gasteiger partial charge in [0, 0.05) is 12.1 Å². The number of carboxylic acid groups (broad SMARTS) is 1. The van der Waals surface area contributed by atoms with Gasteiger partial charge in [-0.25, -0.2) is 0 Å². The average molecular weight is 198 g/mol. The van der Waals surface area contributed by atoms with Gasteiger partial charge in [0.05, 0.1) is 13.3 Å². The zero-order chi connectivity index (χ0) is 14.7. The van der Waals surface area contributed by atoms with E-state index >= 15 is 0 Å². The second-order valence-corrected chi connectivity index (χ2v) is 2.44. The summed E-state index contributed by atoms with van der Waals surface area (Å²) in [5.41, 5.74) is -0.346. The average Bonchev–Trinajstić information content (AvgIpc) is 2.36. The van der Waals surface area contributed by atoms with Gasteiger partial charge in [0.25, 0.3) is 0 Å². The number of rotatable bonds is 4. The number of benzene rings is 1. The zero-order valence-corrected chi connectivity index (χ0v) is 7.18. The first-order valence-corrected chi connectivity index (χ1v) is 3.84. The van der Waals surface area contributed by atoms with E-state index in [1.165, 1.54) is 0 Å². The summed E-state index contributed by atoms with van der Waals surface area (Å²) in [5.74, 6) is -1.88. The summed E-state index contributed by atoms with van der Waals surface area (Å²) >= 11 is 0. The molecule has 0 spiro atoms. The van der Waals surface area contributed by atoms with Gasteiger partial charge in [0.15, 0.2) is 0 Å². The lowest BCUT2D eigenvalue weighted by Gasteiger charge is -2.02. The summed E-state index contributed by atoms with van der Waals surface area (Å²) in [7, 11) is 0. The maximum absolute atomic E-state index is 11.4. The molecular formula is C10H11NO3. The van der Waals surface area contributed by atoms with Gasteiger partial charge < -0.3 is 10.4 Å². The van der Waals surface area contributed by atoms with Crippen LogP contribution in [-0.2, 0) is 9.59 Å². The molecule has 0 aliphatic heterocycles. The third-order valence-corrected chi connectivity index (χ3v) is 1.33. The number of hydrogen-bond acceptors (Lipinski definition) is 2. The Hall–Kier alpha value is -1.84. The van der Waals surface area contributed by atoms with Crippen LogP contribution in [0.25, 0.3) is 0 Å². The monoisotopic (exact) mass is 198 g/mol. The number of nitrogens with one attached hydrogen (secondary N) is 1. The van der Waals surface area contributed by atoms with Crippen LogP contribution >= 0.6 is 0 Å². The van der Waals surface area contributed by atoms with Crippen molar-refractivity contribution < 1.29 is 21.5 Å². The first-order chi connectivity index (χ1) is 8.75. The first kappa shape index (κ1) is 5.14. The number of anilines is 1. The van der Waals surface area contributed by atoms with E-state index in [9.17, 15) is 9.59 Å². The van der Waals surface area contributed by atoms with Crippen LogP contribution in [0, 0.1) is 0 Å². The normalized spacial score (nSPS) is 14.4. The zero-order valence-electron chi connectivity index (χ0n) is 12.2. The minimum absolute atomic E-state index is 0.336. The van der Waals surface area contributed by atoms with E-state index in [0.29, 0.717) is 0 Å². The molecule has 0 saturated carbocycles. The Morgan fingerprint density at radius 3 is 2.50 bits per heavy atom. The molecule has 0 saturated heterocycles. The van der Waals surface area contributed by atoms with Crippen molar-refractivity contribution in [1.29, 1.82) is 0 Å². The fourth-order valence-electron chi connectivity index (χ4n) is 0.735. The van der Waals surface area contributed by atoms with Crippen LogP contribution in [-0.4, -0.2) is 17.0 Å². The van der Waals surface area contributed by atoms with Crippen LogP contribution in [0.1, 0.15) is 19.7 Å². The van der Waals surface area contributed by atoms with Gasteiger partial charge in [0.2, 0.25) is 5.91 Å². The van der Waals surface area contributed by atoms with Gasteiger partial charge in [-0.2, -0.15) is 0 Å². The SMILES string of the molecule is [2H]c1c([2H])c([2H])c(NC(=O)CCC(=O)O)c([2H])c1[2H]. The molecule has 0 fully saturated rings. The van der Waals surface area contributed by atoms with Crippen molar-refractivity contribution in [3.05, 3.63) is 30.2 Å². The molecule has 0 atom stereocenters. The molecule has 1 amide bonds. The Bertz CT molecular complexity index is 517. The molecule has 0 aromatic heterocycles. The summed E-state index contributed by atoms with van der Waals surface area (Å²) < 4.78 is 37.2. The summed E-state index contributed by atoms with van der Waals surface area (Å²) in [5, 5.41) is 10.6. The predicted octanol–water partition coefficient (Wildman–Crippen LogP) is 1.49. The molecule has 0 bridgehead atoms. The molecule has 0 heterocycles. The van der Waals surface area contributed by atoms with Gasteiger partial charge in [-0.3, -0.25) is 9.59 Å². The van der Waals surface area contributed by atoms with Crippen LogP contribution in [0.3, 0.4) is 0 Å². The molecule has 0 radical (unpaired) electrons. The van der Waals surface area contributed by atoms with E-state index in [0.717, 1.165) is 0 Å². The van der Waals surface area contributed by atoms with Crippen molar-refractivity contribution in [3.63, 3.8) is 0 Å². The van der Waals surface area contributed by atoms with Gasteiger partial charge in [0.1, 0.15) is 0 Å². The molecule has 4 nitrogen and oxygen atoms in total. The highest BCUT2D eigenvalue weighted by atomic mass is 16.4. The van der Waals surface area contributed by atoms with E-state index in [4.69, 9.17) is 12.0 Å². The van der Waals surface area contributed by atoms with Crippen LogP contribution in [0.4, 0.5) is 5.69 Å². The number of carbonyl (C=O) groups excluding carboxylic acids is 1. The van der Waals surface area contributed by atoms with Crippen LogP contribution in [0.5, 0.6) is 0 Å². The molecule has 1 rings (SSSR count). The maximum atomic E-state index is 11.4. The van der Waals surface area contributed by atoms with Crippen molar-refractivity contribution in [2.75, 3.05) is 5.32 Å². The van der Waals surface area contributed by atoms with Crippen molar-refractivity contribution in [3.8, 4) is 0 Å². The van der Waals surface area contributed by atoms with E-state index in [2.05, 4.69) is 5.32 Å². The Morgan fingerprint density at radius 2 is 1.93 bits per heavy atom. The standard InChI is InChI=1S/C10H11NO3/c12-9(6-7-10(13)14)11-8-4-2-1-3-5-8/h1-5H,6-7H2,(H,11,12)(H,13,14)/i1D,2D,3D,4D,5D. The van der Waals surface area contributed by atoms with Gasteiger partial charge in [-0.1, -0.05) is 18.1 Å². The number of carboxylic acids is 1. The van der Waals surface area contributed by atoms with Crippen LogP contribution < -0.4 is 5.32 Å². The molecule has 1 aromatic carbocycles. The molecule has 14 heavy (non-hydrogen) atoms. The molecule has 0 aliphatic rings. The second kappa shape index (κ2) is 5.01. The number of hydrogen-bond donors (Lipinski definition) is 2. The van der Waals surface area contributed by atoms with Crippen molar-refractivity contribution in [1.82, 2.24) is 0 Å². The highest BCUT2D eigenvalue weighted by molar-refractivity contribution is 5.92. The Morgan fingerprint density at radius 1 is 1.29 bits per heavy atom. The molecule has 2 N–H and O–H groups in total. The Kier molecular flexibility index (Phi) is 1.84. The second-order valence-electron chi connectivity index (χ2n) is 2.44. The maximum Gasteiger partial charge on any atom is 0.303 e. The van der Waals surface area contributed by atoms with Crippen molar-refractivity contribution in [2.24, 2.45) is 0 Å². The fraction of sp³-hybridized carbons (Fsp3) is 0.200. The predicted molar refractivity (Wildman–Crippen MR) is 51.9 cm³/mol. The van der Waals surface area contributed by atoms with Gasteiger partial charge >= 0.3 is 5.97 Å². The minimum atomic E-state index is -1.16. The molecule has 74 valence electrons. The van der Waals surface area contributed by atoms with Crippen molar-refractivity contribution >= 4 is 17.6 Å². The summed E-state index contributed by atoms with van der Waals surface area (Å²) in [6, 6.07) is -2.74. The van der Waals surface area contributed by atoms with Gasteiger partial charge in [-0.15, -0.1) is 0 Å². The van der Waals surface area contributed by atoms with Gasteiger partial charge in [-0.05, 0) is 12.1 Å². The number of aliphatic carboxylic acids is 1. The summed E-state index contributed by atoms with van der Waals surface area (Å²) in [4.78, 5) is 21.7. The fourth-order valence-corrected chi connectivity index (χ4v) is 0.735. The lowest BCUT2D eigenvalue weighted by Crippen LogP contribution is -2.12. The lowest BCUT2D eigenvalue weighted by molar-refractivity contribution is -0.138. The van der Waals surface area contributed by atoms with Crippen LogP contribution in [0.2, 0.25) is 0 Å². The number of amides is 1. The highest BCUT2D eigenvalue weighted by Crippen LogP contribution is 2.05. The largest absolute Gasteiger partial charge is 0.481 e. The highest BCUT2D eigenvalue weighted by Gasteiger charge is 2.04. The number of carbonyl (C=O) groups is 2. The van der Waals surface area contributed by atoms with E-state index in [1.807, 2.05) is 0 Å². The molecule has 1 aromatic rings. The molecule has 4 heteroatoms. The molecule has 0 aliphatic carbocycles. The summed E-state index contributed by atoms with van der Waals surface area (Å²) in [6.45, 7) is 0. The Balaban J connectivity index is 3.02. The number of para-hydroxylation sites is 1. The van der Waals surface area contributed by atoms with Crippen LogP contribution in [0.15, 0.2) is 30.2 Å². The Labute approximate surface area is 88.6 Å². The van der Waals surface area contributed by atoms with Crippen molar-refractivity contribution in [2.45, 2.75) is 12.8 Å². The topological polar surface area (TPSA) is 66.4 Å². The third kappa shape index (κ3) is 3.71. The quantitative estimate of drug-likeness (QED) is 0.770. The smallest absolute Gasteiger partial charge is 0.303 e. The first-order valence-electron chi connectivity index (χ1n) is 6.34. The van der Waals surface area contributed by atoms with E-state index in [1.54, 1.807) is 0 Å². The third-order valence-electron chi connectivity index (χ3n) is 1.33. The lowest BCUT2D eigenvalue weighted by atomic mass is 10.2. The molecule has 0 unspecified atom stereocenters. The summed E-state index contributed by atoms with van der Waals surface area (Å²) in [6.07, 6.45) is -0.734.